The van der Waals surface area contributed by atoms with Crippen LogP contribution in [0.2, 0.25) is 0 Å². The number of rotatable bonds is 5. The lowest BCUT2D eigenvalue weighted by atomic mass is 9.99. The second kappa shape index (κ2) is 8.31. The normalized spacial score (nSPS) is 14.6. The summed E-state index contributed by atoms with van der Waals surface area (Å²) in [6.45, 7) is -1.80. The fourth-order valence-electron chi connectivity index (χ4n) is 3.54. The Labute approximate surface area is 167 Å². The van der Waals surface area contributed by atoms with E-state index in [1.807, 2.05) is 24.4 Å². The number of hydrogen-bond donors (Lipinski definition) is 1. The quantitative estimate of drug-likeness (QED) is 0.612. The van der Waals surface area contributed by atoms with Crippen molar-refractivity contribution in [2.24, 2.45) is 0 Å². The van der Waals surface area contributed by atoms with Crippen LogP contribution in [0.1, 0.15) is 17.5 Å². The summed E-state index contributed by atoms with van der Waals surface area (Å²) in [5, 5.41) is 1.18. The van der Waals surface area contributed by atoms with E-state index in [1.165, 1.54) is 34.7 Å². The molecule has 1 aromatic heterocycles. The van der Waals surface area contributed by atoms with Crippen LogP contribution in [0.4, 0.5) is 8.78 Å². The van der Waals surface area contributed by atoms with E-state index in [4.69, 9.17) is 0 Å². The van der Waals surface area contributed by atoms with E-state index in [9.17, 15) is 13.6 Å². The van der Waals surface area contributed by atoms with E-state index < -0.39 is 6.61 Å². The molecule has 3 aromatic rings. The van der Waals surface area contributed by atoms with Crippen LogP contribution in [-0.2, 0) is 4.79 Å². The molecule has 1 aliphatic heterocycles. The molecule has 1 amide bonds. The number of aromatic amines is 1. The van der Waals surface area contributed by atoms with Crippen molar-refractivity contribution >= 4 is 28.5 Å². The van der Waals surface area contributed by atoms with E-state index in [0.717, 1.165) is 11.9 Å². The highest BCUT2D eigenvalue weighted by molar-refractivity contribution is 5.95. The van der Waals surface area contributed by atoms with Gasteiger partial charge in [-0.2, -0.15) is 8.78 Å². The zero-order valence-corrected chi connectivity index (χ0v) is 15.6. The van der Waals surface area contributed by atoms with Gasteiger partial charge < -0.3 is 14.6 Å². The molecule has 1 N–H and O–H groups in total. The molecule has 4 rings (SSSR count). The molecule has 0 saturated carbocycles. The molecule has 0 spiro atoms. The number of hydrogen-bond acceptors (Lipinski definition) is 2. The molecule has 2 aromatic carbocycles. The third kappa shape index (κ3) is 4.21. The highest BCUT2D eigenvalue weighted by atomic mass is 19.3. The number of aromatic nitrogens is 1. The minimum absolute atomic E-state index is 0.0479. The number of ether oxygens (including phenoxy) is 1. The summed E-state index contributed by atoms with van der Waals surface area (Å²) in [6.07, 6.45) is 7.75. The maximum atomic E-state index is 12.5. The molecule has 0 atom stereocenters. The maximum absolute atomic E-state index is 12.5. The van der Waals surface area contributed by atoms with Crippen LogP contribution in [0.15, 0.2) is 66.9 Å². The molecular weight excluding hydrogens is 374 g/mol. The molecular formula is C23H20F2N2O2. The monoisotopic (exact) mass is 394 g/mol. The molecule has 29 heavy (non-hydrogen) atoms. The van der Waals surface area contributed by atoms with Crippen molar-refractivity contribution in [3.63, 3.8) is 0 Å². The van der Waals surface area contributed by atoms with E-state index in [0.29, 0.717) is 18.7 Å². The molecule has 0 bridgehead atoms. The molecule has 4 nitrogen and oxygen atoms in total. The highest BCUT2D eigenvalue weighted by Crippen LogP contribution is 2.29. The Kier molecular flexibility index (Phi) is 5.42. The van der Waals surface area contributed by atoms with Crippen LogP contribution >= 0.6 is 0 Å². The van der Waals surface area contributed by atoms with Crippen molar-refractivity contribution in [3.8, 4) is 5.75 Å². The first-order valence-electron chi connectivity index (χ1n) is 9.38. The third-order valence-electron chi connectivity index (χ3n) is 5.00. The highest BCUT2D eigenvalue weighted by Gasteiger charge is 2.18. The van der Waals surface area contributed by atoms with Crippen LogP contribution < -0.4 is 4.74 Å². The number of fused-ring (bicyclic) bond motifs is 1. The Balaban J connectivity index is 1.45. The smallest absolute Gasteiger partial charge is 0.387 e. The minimum atomic E-state index is -2.91. The van der Waals surface area contributed by atoms with Crippen molar-refractivity contribution in [1.82, 2.24) is 9.88 Å². The lowest BCUT2D eigenvalue weighted by Gasteiger charge is -2.25. The number of halogens is 2. The molecule has 0 unspecified atom stereocenters. The van der Waals surface area contributed by atoms with Gasteiger partial charge in [-0.3, -0.25) is 4.79 Å². The Morgan fingerprint density at radius 3 is 2.72 bits per heavy atom. The van der Waals surface area contributed by atoms with E-state index in [-0.39, 0.29) is 11.7 Å². The van der Waals surface area contributed by atoms with Gasteiger partial charge in [-0.1, -0.05) is 42.5 Å². The predicted octanol–water partition coefficient (Wildman–Crippen LogP) is 5.10. The van der Waals surface area contributed by atoms with Crippen LogP contribution in [0.5, 0.6) is 5.75 Å². The largest absolute Gasteiger partial charge is 0.434 e. The van der Waals surface area contributed by atoms with Gasteiger partial charge in [0.25, 0.3) is 0 Å². The fraction of sp³-hybridized carbons (Fsp3) is 0.174. The molecule has 6 heteroatoms. The van der Waals surface area contributed by atoms with Crippen LogP contribution in [0, 0.1) is 0 Å². The first-order chi connectivity index (χ1) is 14.1. The van der Waals surface area contributed by atoms with Gasteiger partial charge in [-0.15, -0.1) is 0 Å². The van der Waals surface area contributed by atoms with Gasteiger partial charge in [0.2, 0.25) is 5.91 Å². The SMILES string of the molecule is O=C(/C=C/c1ccccc1OC(F)F)N1CC=C(c2c[nH]c3ccccc23)CC1. The summed E-state index contributed by atoms with van der Waals surface area (Å²) in [6, 6.07) is 14.5. The number of carbonyl (C=O) groups is 1. The molecule has 1 aliphatic rings. The number of H-pyrrole nitrogens is 1. The van der Waals surface area contributed by atoms with Gasteiger partial charge >= 0.3 is 6.61 Å². The van der Waals surface area contributed by atoms with Crippen LogP contribution in [0.25, 0.3) is 22.6 Å². The minimum Gasteiger partial charge on any atom is -0.434 e. The molecule has 2 heterocycles. The zero-order valence-electron chi connectivity index (χ0n) is 15.6. The van der Waals surface area contributed by atoms with Gasteiger partial charge in [0, 0.05) is 47.4 Å². The Morgan fingerprint density at radius 2 is 1.93 bits per heavy atom. The molecule has 0 aliphatic carbocycles. The van der Waals surface area contributed by atoms with Gasteiger partial charge in [0.1, 0.15) is 5.75 Å². The average molecular weight is 394 g/mol. The molecule has 148 valence electrons. The second-order valence-electron chi connectivity index (χ2n) is 6.76. The van der Waals surface area contributed by atoms with E-state index in [1.54, 1.807) is 23.1 Å². The number of amides is 1. The summed E-state index contributed by atoms with van der Waals surface area (Å²) in [4.78, 5) is 17.5. The lowest BCUT2D eigenvalue weighted by Crippen LogP contribution is -2.33. The van der Waals surface area contributed by atoms with Gasteiger partial charge in [-0.25, -0.2) is 0 Å². The number of carbonyl (C=O) groups excluding carboxylic acids is 1. The van der Waals surface area contributed by atoms with Crippen molar-refractivity contribution in [2.45, 2.75) is 13.0 Å². The average Bonchev–Trinajstić information content (AvgIpc) is 3.17. The standard InChI is InChI=1S/C23H20F2N2O2/c24-23(25)29-21-8-4-1-5-17(21)9-10-22(28)27-13-11-16(12-14-27)19-15-26-20-7-3-2-6-18(19)20/h1-11,15,23,26H,12-14H2/b10-9+. The summed E-state index contributed by atoms with van der Waals surface area (Å²) in [7, 11) is 0. The maximum Gasteiger partial charge on any atom is 0.387 e. The van der Waals surface area contributed by atoms with Gasteiger partial charge in [0.05, 0.1) is 0 Å². The summed E-state index contributed by atoms with van der Waals surface area (Å²) in [5.41, 5.74) is 3.91. The fourth-order valence-corrected chi connectivity index (χ4v) is 3.54. The first-order valence-corrected chi connectivity index (χ1v) is 9.38. The summed E-state index contributed by atoms with van der Waals surface area (Å²) in [5.74, 6) is -0.113. The van der Waals surface area contributed by atoms with Crippen molar-refractivity contribution in [1.29, 1.82) is 0 Å². The Morgan fingerprint density at radius 1 is 1.14 bits per heavy atom. The first kappa shape index (κ1) is 18.9. The second-order valence-corrected chi connectivity index (χ2v) is 6.76. The predicted molar refractivity (Wildman–Crippen MR) is 110 cm³/mol. The Bertz CT molecular complexity index is 1090. The number of alkyl halides is 2. The summed E-state index contributed by atoms with van der Waals surface area (Å²) < 4.78 is 29.5. The molecule has 0 radical (unpaired) electrons. The van der Waals surface area contributed by atoms with Gasteiger partial charge in [-0.05, 0) is 30.2 Å². The number of benzene rings is 2. The van der Waals surface area contributed by atoms with E-state index in [2.05, 4.69) is 21.9 Å². The van der Waals surface area contributed by atoms with Crippen LogP contribution in [-0.4, -0.2) is 35.5 Å². The van der Waals surface area contributed by atoms with Crippen molar-refractivity contribution in [3.05, 3.63) is 78.0 Å². The third-order valence-corrected chi connectivity index (χ3v) is 5.00. The Hall–Kier alpha value is -3.41. The van der Waals surface area contributed by atoms with Gasteiger partial charge in [0.15, 0.2) is 0 Å². The number of nitrogens with zero attached hydrogens (tertiary/aromatic N) is 1. The van der Waals surface area contributed by atoms with Crippen molar-refractivity contribution in [2.75, 3.05) is 13.1 Å². The molecule has 0 saturated heterocycles. The zero-order chi connectivity index (χ0) is 20.2. The van der Waals surface area contributed by atoms with Crippen molar-refractivity contribution < 1.29 is 18.3 Å². The van der Waals surface area contributed by atoms with E-state index >= 15 is 0 Å². The topological polar surface area (TPSA) is 45.3 Å². The van der Waals surface area contributed by atoms with Crippen LogP contribution in [0.3, 0.4) is 0 Å². The number of para-hydroxylation sites is 2. The number of nitrogens with one attached hydrogen (secondary N) is 1. The lowest BCUT2D eigenvalue weighted by molar-refractivity contribution is -0.125. The molecule has 0 fully saturated rings. The summed E-state index contributed by atoms with van der Waals surface area (Å²) >= 11 is 0.